The van der Waals surface area contributed by atoms with Gasteiger partial charge in [-0.1, -0.05) is 48.2 Å². The first kappa shape index (κ1) is 19.0. The van der Waals surface area contributed by atoms with Crippen LogP contribution in [0.1, 0.15) is 27.0 Å². The van der Waals surface area contributed by atoms with Gasteiger partial charge < -0.3 is 4.98 Å². The monoisotopic (exact) mass is 393 g/mol. The van der Waals surface area contributed by atoms with E-state index in [0.29, 0.717) is 5.56 Å². The molecule has 3 N–H and O–H groups in total. The molecular weight excluding hydrogens is 374 g/mol. The lowest BCUT2D eigenvalue weighted by atomic mass is 10.1. The summed E-state index contributed by atoms with van der Waals surface area (Å²) in [5, 5.41) is 0.992. The zero-order chi connectivity index (χ0) is 20.8. The zero-order valence-electron chi connectivity index (χ0n) is 16.1. The van der Waals surface area contributed by atoms with Gasteiger partial charge in [0.1, 0.15) is 0 Å². The molecule has 0 atom stereocenters. The number of fused-ring (bicyclic) bond motifs is 1. The van der Waals surface area contributed by atoms with E-state index in [1.165, 1.54) is 0 Å². The Labute approximate surface area is 174 Å². The maximum Gasteiger partial charge on any atom is 0.269 e. The largest absolute Gasteiger partial charge is 0.361 e. The summed E-state index contributed by atoms with van der Waals surface area (Å²) in [5.41, 5.74) is 8.93. The van der Waals surface area contributed by atoms with Gasteiger partial charge in [0, 0.05) is 33.8 Å². The molecule has 0 fully saturated rings. The molecule has 0 unspecified atom stereocenters. The number of hydrogen-bond acceptors (Lipinski definition) is 2. The predicted molar refractivity (Wildman–Crippen MR) is 116 cm³/mol. The third-order valence-electron chi connectivity index (χ3n) is 4.61. The van der Waals surface area contributed by atoms with Crippen LogP contribution in [0, 0.1) is 11.8 Å². The van der Waals surface area contributed by atoms with Gasteiger partial charge in [-0.05, 0) is 48.0 Å². The molecule has 146 valence electrons. The maximum absolute atomic E-state index is 12.3. The average molecular weight is 393 g/mol. The summed E-state index contributed by atoms with van der Waals surface area (Å²) in [5.74, 6) is 5.46. The molecule has 0 radical (unpaired) electrons. The van der Waals surface area contributed by atoms with E-state index in [-0.39, 0.29) is 18.2 Å². The number of carbonyl (C=O) groups is 2. The summed E-state index contributed by atoms with van der Waals surface area (Å²) in [4.78, 5) is 27.6. The van der Waals surface area contributed by atoms with Crippen molar-refractivity contribution in [2.45, 2.75) is 6.42 Å². The Morgan fingerprint density at radius 2 is 1.43 bits per heavy atom. The van der Waals surface area contributed by atoms with Gasteiger partial charge in [-0.3, -0.25) is 20.4 Å². The number of benzene rings is 3. The van der Waals surface area contributed by atoms with Gasteiger partial charge in [-0.2, -0.15) is 0 Å². The second-order valence-electron chi connectivity index (χ2n) is 6.73. The number of aromatic amines is 1. The molecule has 0 bridgehead atoms. The Hall–Kier alpha value is -4.30. The van der Waals surface area contributed by atoms with Crippen molar-refractivity contribution >= 4 is 22.7 Å². The van der Waals surface area contributed by atoms with Crippen LogP contribution in [0.2, 0.25) is 0 Å². The number of H-pyrrole nitrogens is 1. The lowest BCUT2D eigenvalue weighted by Gasteiger charge is -2.07. The van der Waals surface area contributed by atoms with Gasteiger partial charge in [-0.25, -0.2) is 0 Å². The van der Waals surface area contributed by atoms with Crippen molar-refractivity contribution in [2.24, 2.45) is 0 Å². The van der Waals surface area contributed by atoms with Crippen molar-refractivity contribution in [3.8, 4) is 11.8 Å². The molecular formula is C25H19N3O2. The van der Waals surface area contributed by atoms with E-state index < -0.39 is 0 Å². The number of hydrazine groups is 1. The number of para-hydroxylation sites is 1. The van der Waals surface area contributed by atoms with Crippen molar-refractivity contribution in [3.63, 3.8) is 0 Å². The summed E-state index contributed by atoms with van der Waals surface area (Å²) < 4.78 is 0. The summed E-state index contributed by atoms with van der Waals surface area (Å²) in [6, 6.07) is 24.4. The summed E-state index contributed by atoms with van der Waals surface area (Å²) in [6.45, 7) is 0. The lowest BCUT2D eigenvalue weighted by Crippen LogP contribution is -2.42. The van der Waals surface area contributed by atoms with Crippen LogP contribution >= 0.6 is 0 Å². The molecule has 4 aromatic rings. The molecule has 4 rings (SSSR count). The van der Waals surface area contributed by atoms with Crippen molar-refractivity contribution in [1.82, 2.24) is 15.8 Å². The second-order valence-corrected chi connectivity index (χ2v) is 6.73. The minimum Gasteiger partial charge on any atom is -0.361 e. The summed E-state index contributed by atoms with van der Waals surface area (Å²) >= 11 is 0. The van der Waals surface area contributed by atoms with Crippen LogP contribution in [-0.4, -0.2) is 16.8 Å². The van der Waals surface area contributed by atoms with Crippen LogP contribution in [-0.2, 0) is 11.2 Å². The minimum absolute atomic E-state index is 0.165. The van der Waals surface area contributed by atoms with Crippen molar-refractivity contribution < 1.29 is 9.59 Å². The number of amides is 2. The Bertz CT molecular complexity index is 1250. The molecule has 0 spiro atoms. The van der Waals surface area contributed by atoms with Crippen LogP contribution in [0.5, 0.6) is 0 Å². The number of nitrogens with one attached hydrogen (secondary N) is 3. The topological polar surface area (TPSA) is 74.0 Å². The molecule has 5 heteroatoms. The molecule has 1 aromatic heterocycles. The molecule has 0 saturated heterocycles. The molecule has 0 saturated carbocycles. The Morgan fingerprint density at radius 1 is 0.767 bits per heavy atom. The Balaban J connectivity index is 1.32. The normalized spacial score (nSPS) is 10.1. The average Bonchev–Trinajstić information content (AvgIpc) is 3.20. The predicted octanol–water partition coefficient (Wildman–Crippen LogP) is 3.57. The summed E-state index contributed by atoms with van der Waals surface area (Å²) in [7, 11) is 0. The van der Waals surface area contributed by atoms with E-state index in [9.17, 15) is 9.59 Å². The Morgan fingerprint density at radius 3 is 2.20 bits per heavy atom. The van der Waals surface area contributed by atoms with Crippen LogP contribution in [0.4, 0.5) is 0 Å². The first-order chi connectivity index (χ1) is 14.7. The summed E-state index contributed by atoms with van der Waals surface area (Å²) in [6.07, 6.45) is 1.97. The van der Waals surface area contributed by atoms with Gasteiger partial charge in [0.2, 0.25) is 5.91 Å². The van der Waals surface area contributed by atoms with Crippen molar-refractivity contribution in [2.75, 3.05) is 0 Å². The molecule has 3 aromatic carbocycles. The van der Waals surface area contributed by atoms with Gasteiger partial charge in [0.05, 0.1) is 6.42 Å². The molecule has 1 heterocycles. The molecule has 0 aliphatic carbocycles. The lowest BCUT2D eigenvalue weighted by molar-refractivity contribution is -0.121. The van der Waals surface area contributed by atoms with E-state index in [1.54, 1.807) is 30.5 Å². The van der Waals surface area contributed by atoms with E-state index in [2.05, 4.69) is 27.7 Å². The highest BCUT2D eigenvalue weighted by molar-refractivity contribution is 5.96. The molecule has 30 heavy (non-hydrogen) atoms. The minimum atomic E-state index is -0.384. The number of rotatable bonds is 3. The first-order valence-corrected chi connectivity index (χ1v) is 9.50. The highest BCUT2D eigenvalue weighted by Gasteiger charge is 2.10. The third-order valence-corrected chi connectivity index (χ3v) is 4.61. The van der Waals surface area contributed by atoms with E-state index in [1.807, 2.05) is 54.6 Å². The van der Waals surface area contributed by atoms with E-state index in [0.717, 1.165) is 27.6 Å². The van der Waals surface area contributed by atoms with Gasteiger partial charge in [0.25, 0.3) is 5.91 Å². The SMILES string of the molecule is O=C(Cc1c[nH]c2ccccc12)NNC(=O)c1ccc(C#Cc2ccccc2)cc1. The van der Waals surface area contributed by atoms with Gasteiger partial charge in [0.15, 0.2) is 0 Å². The van der Waals surface area contributed by atoms with Crippen molar-refractivity contribution in [1.29, 1.82) is 0 Å². The van der Waals surface area contributed by atoms with Crippen LogP contribution in [0.15, 0.2) is 85.1 Å². The van der Waals surface area contributed by atoms with Crippen LogP contribution in [0.3, 0.4) is 0 Å². The smallest absolute Gasteiger partial charge is 0.269 e. The standard InChI is InChI=1S/C25H19N3O2/c29-24(16-21-17-26-23-9-5-4-8-22(21)23)27-28-25(30)20-14-12-19(13-15-20)11-10-18-6-2-1-3-7-18/h1-9,12-15,17,26H,16H2,(H,27,29)(H,28,30). The molecule has 5 nitrogen and oxygen atoms in total. The highest BCUT2D eigenvalue weighted by atomic mass is 16.2. The zero-order valence-corrected chi connectivity index (χ0v) is 16.1. The highest BCUT2D eigenvalue weighted by Crippen LogP contribution is 2.17. The fourth-order valence-electron chi connectivity index (χ4n) is 3.06. The first-order valence-electron chi connectivity index (χ1n) is 9.50. The third kappa shape index (κ3) is 4.57. The molecule has 2 amide bonds. The second kappa shape index (κ2) is 8.80. The molecule has 0 aliphatic rings. The number of carbonyl (C=O) groups excluding carboxylic acids is 2. The van der Waals surface area contributed by atoms with Crippen molar-refractivity contribution in [3.05, 3.63) is 107 Å². The van der Waals surface area contributed by atoms with E-state index in [4.69, 9.17) is 0 Å². The number of aromatic nitrogens is 1. The fourth-order valence-corrected chi connectivity index (χ4v) is 3.06. The number of hydrogen-bond donors (Lipinski definition) is 3. The van der Waals surface area contributed by atoms with Crippen LogP contribution < -0.4 is 10.9 Å². The molecule has 0 aliphatic heterocycles. The quantitative estimate of drug-likeness (QED) is 0.368. The van der Waals surface area contributed by atoms with Gasteiger partial charge >= 0.3 is 0 Å². The van der Waals surface area contributed by atoms with Gasteiger partial charge in [-0.15, -0.1) is 0 Å². The Kier molecular flexibility index (Phi) is 5.59. The van der Waals surface area contributed by atoms with Crippen LogP contribution in [0.25, 0.3) is 10.9 Å². The maximum atomic E-state index is 12.3. The fraction of sp³-hybridized carbons (Fsp3) is 0.0400. The van der Waals surface area contributed by atoms with E-state index >= 15 is 0 Å².